The van der Waals surface area contributed by atoms with Gasteiger partial charge in [-0.25, -0.2) is 4.68 Å². The van der Waals surface area contributed by atoms with Crippen LogP contribution in [0.3, 0.4) is 0 Å². The molecule has 1 aliphatic heterocycles. The van der Waals surface area contributed by atoms with Gasteiger partial charge in [0.15, 0.2) is 0 Å². The second kappa shape index (κ2) is 8.42. The summed E-state index contributed by atoms with van der Waals surface area (Å²) >= 11 is 6.28. The van der Waals surface area contributed by atoms with E-state index < -0.39 is 11.8 Å². The second-order valence-electron chi connectivity index (χ2n) is 8.74. The van der Waals surface area contributed by atoms with E-state index in [1.54, 1.807) is 10.7 Å². The first-order valence-electron chi connectivity index (χ1n) is 11.5. The molecule has 0 spiro atoms. The number of aryl methyl sites for hydroxylation is 4. The van der Waals surface area contributed by atoms with Gasteiger partial charge in [-0.1, -0.05) is 29.8 Å². The van der Waals surface area contributed by atoms with Gasteiger partial charge in [0.1, 0.15) is 11.5 Å². The Morgan fingerprint density at radius 2 is 1.72 bits per heavy atom. The van der Waals surface area contributed by atoms with Crippen molar-refractivity contribution in [3.8, 4) is 0 Å². The number of carbonyl (C=O) groups is 2. The fraction of sp³-hybridized carbons (Fsp3) is 0.200. The van der Waals surface area contributed by atoms with Crippen molar-refractivity contribution in [3.05, 3.63) is 70.8 Å². The lowest BCUT2D eigenvalue weighted by Gasteiger charge is -2.04. The molecule has 0 saturated carbocycles. The highest BCUT2D eigenvalue weighted by Gasteiger charge is 2.36. The molecule has 2 amide bonds. The van der Waals surface area contributed by atoms with E-state index in [1.165, 1.54) is 0 Å². The topological polar surface area (TPSA) is 113 Å². The van der Waals surface area contributed by atoms with Crippen molar-refractivity contribution in [1.29, 1.82) is 0 Å². The minimum atomic E-state index is -0.464. The molecule has 0 saturated heterocycles. The Labute approximate surface area is 210 Å². The Balaban J connectivity index is 1.49. The molecular formula is C25H21ClN8O2. The first kappa shape index (κ1) is 22.2. The number of benzene rings is 2. The number of halogens is 1. The summed E-state index contributed by atoms with van der Waals surface area (Å²) in [5.74, 6) is -0.170. The van der Waals surface area contributed by atoms with E-state index >= 15 is 0 Å². The number of fused-ring (bicyclic) bond motifs is 2. The highest BCUT2D eigenvalue weighted by Crippen LogP contribution is 2.38. The molecule has 0 unspecified atom stereocenters. The largest absolute Gasteiger partial charge is 0.350 e. The molecule has 11 heteroatoms. The Kier molecular flexibility index (Phi) is 5.18. The number of nitrogens with zero attached hydrogens (tertiary/aromatic N) is 7. The van der Waals surface area contributed by atoms with Gasteiger partial charge in [-0.2, -0.15) is 5.10 Å². The van der Waals surface area contributed by atoms with E-state index in [1.807, 2.05) is 65.8 Å². The molecule has 0 radical (unpaired) electrons. The quantitative estimate of drug-likeness (QED) is 0.358. The lowest BCUT2D eigenvalue weighted by molar-refractivity contribution is -0.122. The van der Waals surface area contributed by atoms with Gasteiger partial charge in [-0.3, -0.25) is 19.6 Å². The molecule has 0 bridgehead atoms. The van der Waals surface area contributed by atoms with Gasteiger partial charge in [0.05, 0.1) is 16.7 Å². The Morgan fingerprint density at radius 1 is 0.944 bits per heavy atom. The third kappa shape index (κ3) is 3.49. The van der Waals surface area contributed by atoms with Crippen LogP contribution in [0.1, 0.15) is 23.5 Å². The lowest BCUT2D eigenvalue weighted by Crippen LogP contribution is -2.22. The number of para-hydroxylation sites is 1. The normalized spacial score (nSPS) is 14.0. The minimum Gasteiger partial charge on any atom is -0.350 e. The summed E-state index contributed by atoms with van der Waals surface area (Å²) in [6, 6.07) is 13.2. The van der Waals surface area contributed by atoms with Crippen LogP contribution in [-0.2, 0) is 29.7 Å². The van der Waals surface area contributed by atoms with E-state index in [9.17, 15) is 9.59 Å². The number of rotatable bonds is 6. The molecule has 1 N–H and O–H groups in total. The molecule has 0 atom stereocenters. The number of hydrogen-bond acceptors (Lipinski definition) is 6. The third-order valence-electron chi connectivity index (χ3n) is 6.50. The molecule has 6 rings (SSSR count). The van der Waals surface area contributed by atoms with E-state index in [-0.39, 0.29) is 5.57 Å². The maximum absolute atomic E-state index is 13.1. The van der Waals surface area contributed by atoms with Crippen molar-refractivity contribution in [2.45, 2.75) is 26.4 Å². The first-order valence-corrected chi connectivity index (χ1v) is 11.8. The lowest BCUT2D eigenvalue weighted by atomic mass is 9.97. The number of hydrogen-bond donors (Lipinski definition) is 1. The zero-order chi connectivity index (χ0) is 25.0. The summed E-state index contributed by atoms with van der Waals surface area (Å²) in [4.78, 5) is 26.2. The fourth-order valence-electron chi connectivity index (χ4n) is 4.81. The number of nitrogens with one attached hydrogen (secondary N) is 1. The molecule has 10 nitrogen and oxygen atoms in total. The molecule has 5 aromatic rings. The van der Waals surface area contributed by atoms with Crippen LogP contribution in [0.25, 0.3) is 33.0 Å². The van der Waals surface area contributed by atoms with Crippen LogP contribution in [0.2, 0.25) is 5.02 Å². The molecule has 180 valence electrons. The van der Waals surface area contributed by atoms with Gasteiger partial charge in [0, 0.05) is 53.2 Å². The van der Waals surface area contributed by atoms with Crippen LogP contribution in [0, 0.1) is 6.92 Å². The Hall–Kier alpha value is -4.31. The van der Waals surface area contributed by atoms with Crippen molar-refractivity contribution >= 4 is 56.4 Å². The molecule has 0 aliphatic carbocycles. The van der Waals surface area contributed by atoms with Crippen molar-refractivity contribution in [3.63, 3.8) is 0 Å². The first-order chi connectivity index (χ1) is 17.4. The van der Waals surface area contributed by atoms with Gasteiger partial charge in [-0.05, 0) is 48.0 Å². The molecule has 36 heavy (non-hydrogen) atoms. The van der Waals surface area contributed by atoms with Gasteiger partial charge >= 0.3 is 0 Å². The molecule has 3 aromatic heterocycles. The maximum Gasteiger partial charge on any atom is 0.261 e. The molecule has 0 fully saturated rings. The number of tetrazole rings is 1. The van der Waals surface area contributed by atoms with E-state index in [2.05, 4.69) is 20.8 Å². The molecule has 4 heterocycles. The van der Waals surface area contributed by atoms with Crippen molar-refractivity contribution in [2.24, 2.45) is 7.05 Å². The zero-order valence-electron chi connectivity index (χ0n) is 19.6. The van der Waals surface area contributed by atoms with Crippen LogP contribution in [0.4, 0.5) is 0 Å². The van der Waals surface area contributed by atoms with Crippen molar-refractivity contribution in [2.75, 3.05) is 0 Å². The van der Waals surface area contributed by atoms with E-state index in [0.717, 1.165) is 34.1 Å². The monoisotopic (exact) mass is 500 g/mol. The predicted molar refractivity (Wildman–Crippen MR) is 135 cm³/mol. The number of amides is 2. The van der Waals surface area contributed by atoms with Crippen molar-refractivity contribution < 1.29 is 9.59 Å². The predicted octanol–water partition coefficient (Wildman–Crippen LogP) is 3.13. The Morgan fingerprint density at radius 3 is 2.53 bits per heavy atom. The summed E-state index contributed by atoms with van der Waals surface area (Å²) in [7, 11) is 1.89. The number of aromatic nitrogens is 7. The van der Waals surface area contributed by atoms with Crippen LogP contribution in [-0.4, -0.2) is 46.4 Å². The van der Waals surface area contributed by atoms with Crippen molar-refractivity contribution in [1.82, 2.24) is 39.9 Å². The summed E-state index contributed by atoms with van der Waals surface area (Å²) in [5, 5.41) is 21.0. The zero-order valence-corrected chi connectivity index (χ0v) is 20.3. The summed E-state index contributed by atoms with van der Waals surface area (Å²) < 4.78 is 5.52. The van der Waals surface area contributed by atoms with Crippen LogP contribution in [0.5, 0.6) is 0 Å². The number of carbonyl (C=O) groups excluding carboxylic acids is 2. The SMILES string of the molecule is Cc1nnnn1CCCn1nc(C2=C(c3cn(C)c4ccc(Cl)cc34)C(=O)NC2=O)c2ccccc21. The van der Waals surface area contributed by atoms with Gasteiger partial charge < -0.3 is 4.57 Å². The standard InChI is InChI=1S/C25H21ClN8O2/c1-14-28-30-31-33(14)10-5-11-34-20-7-4-3-6-16(20)23(29-34)22-21(24(35)27-25(22)36)18-13-32(2)19-9-8-15(26)12-17(18)19/h3-4,6-9,12-13H,5,10-11H2,1-2H3,(H,27,35,36). The second-order valence-corrected chi connectivity index (χ2v) is 9.18. The maximum atomic E-state index is 13.1. The average Bonchev–Trinajstić information content (AvgIpc) is 3.59. The van der Waals surface area contributed by atoms with E-state index in [4.69, 9.17) is 16.7 Å². The summed E-state index contributed by atoms with van der Waals surface area (Å²) in [5.41, 5.74) is 3.46. The van der Waals surface area contributed by atoms with Gasteiger partial charge in [-0.15, -0.1) is 5.10 Å². The van der Waals surface area contributed by atoms with Gasteiger partial charge in [0.25, 0.3) is 11.8 Å². The Bertz CT molecular complexity index is 1720. The van der Waals surface area contributed by atoms with Crippen LogP contribution in [0.15, 0.2) is 48.7 Å². The minimum absolute atomic E-state index is 0.263. The van der Waals surface area contributed by atoms with Gasteiger partial charge in [0.2, 0.25) is 0 Å². The third-order valence-corrected chi connectivity index (χ3v) is 6.73. The highest BCUT2D eigenvalue weighted by atomic mass is 35.5. The molecule has 1 aliphatic rings. The fourth-order valence-corrected chi connectivity index (χ4v) is 4.98. The molecular weight excluding hydrogens is 480 g/mol. The smallest absolute Gasteiger partial charge is 0.261 e. The average molecular weight is 501 g/mol. The van der Waals surface area contributed by atoms with Crippen LogP contribution >= 0.6 is 11.6 Å². The van der Waals surface area contributed by atoms with Crippen LogP contribution < -0.4 is 5.32 Å². The highest BCUT2D eigenvalue weighted by molar-refractivity contribution is 6.50. The summed E-state index contributed by atoms with van der Waals surface area (Å²) in [6.45, 7) is 3.07. The number of imide groups is 1. The van der Waals surface area contributed by atoms with E-state index in [0.29, 0.717) is 34.9 Å². The summed E-state index contributed by atoms with van der Waals surface area (Å²) in [6.07, 6.45) is 2.58. The molecule has 2 aromatic carbocycles.